The van der Waals surface area contributed by atoms with Crippen molar-refractivity contribution in [3.8, 4) is 0 Å². The first-order chi connectivity index (χ1) is 11.6. The molecule has 6 nitrogen and oxygen atoms in total. The second-order valence-corrected chi connectivity index (χ2v) is 11.6. The molecule has 1 saturated heterocycles. The lowest BCUT2D eigenvalue weighted by Crippen LogP contribution is -2.55. The Hall–Kier alpha value is 0.194. The first kappa shape index (κ1) is 22.2. The van der Waals surface area contributed by atoms with Gasteiger partial charge in [0.15, 0.2) is 0 Å². The van der Waals surface area contributed by atoms with Crippen molar-refractivity contribution in [2.45, 2.75) is 59.5 Å². The zero-order chi connectivity index (χ0) is 17.9. The minimum absolute atomic E-state index is 0.631. The Bertz CT molecular complexity index is 313. The van der Waals surface area contributed by atoms with Gasteiger partial charge in [-0.2, -0.15) is 0 Å². The van der Waals surface area contributed by atoms with Crippen molar-refractivity contribution in [1.82, 2.24) is 4.57 Å². The fourth-order valence-electron chi connectivity index (χ4n) is 3.41. The van der Waals surface area contributed by atoms with Crippen LogP contribution < -0.4 is 0 Å². The van der Waals surface area contributed by atoms with Gasteiger partial charge in [0.1, 0.15) is 0 Å². The summed E-state index contributed by atoms with van der Waals surface area (Å²) in [4.78, 5) is 0. The molecule has 0 atom stereocenters. The van der Waals surface area contributed by atoms with Crippen LogP contribution in [0.25, 0.3) is 0 Å². The molecule has 0 aromatic carbocycles. The highest BCUT2D eigenvalue weighted by Crippen LogP contribution is 2.29. The van der Waals surface area contributed by atoms with E-state index in [1.54, 1.807) is 0 Å². The van der Waals surface area contributed by atoms with Crippen LogP contribution in [0, 0.1) is 0 Å². The number of hydrogen-bond donors (Lipinski definition) is 0. The molecule has 0 aromatic rings. The minimum Gasteiger partial charge on any atom is -0.383 e. The summed E-state index contributed by atoms with van der Waals surface area (Å²) in [7, 11) is -4.73. The standard InChI is InChI=1S/C16H37NO5Si2/c1-6-18-23(19-7-2)15-11-13-17(23)14-12-16-24(20-8-3,21-9-4)22-10-5/h6-16H2,1-5H3. The monoisotopic (exact) mass is 379 g/mol. The molecular formula is C16H37NO5Si2. The van der Waals surface area contributed by atoms with Crippen LogP contribution in [0.2, 0.25) is 12.1 Å². The van der Waals surface area contributed by atoms with Gasteiger partial charge < -0.3 is 22.1 Å². The van der Waals surface area contributed by atoms with Crippen LogP contribution in [-0.4, -0.2) is 68.2 Å². The van der Waals surface area contributed by atoms with E-state index in [0.717, 1.165) is 51.2 Å². The summed E-state index contributed by atoms with van der Waals surface area (Å²) in [5.41, 5.74) is 0. The van der Waals surface area contributed by atoms with Gasteiger partial charge >= 0.3 is 17.5 Å². The van der Waals surface area contributed by atoms with E-state index in [9.17, 15) is 0 Å². The zero-order valence-corrected chi connectivity index (χ0v) is 18.3. The molecule has 0 aliphatic carbocycles. The van der Waals surface area contributed by atoms with E-state index < -0.39 is 17.5 Å². The summed E-state index contributed by atoms with van der Waals surface area (Å²) < 4.78 is 32.6. The third-order valence-corrected chi connectivity index (χ3v) is 11.2. The predicted octanol–water partition coefficient (Wildman–Crippen LogP) is 3.14. The molecular weight excluding hydrogens is 342 g/mol. The van der Waals surface area contributed by atoms with E-state index in [0.29, 0.717) is 19.8 Å². The molecule has 1 heterocycles. The Morgan fingerprint density at radius 3 is 1.83 bits per heavy atom. The summed E-state index contributed by atoms with van der Waals surface area (Å²) in [5, 5.41) is 0. The summed E-state index contributed by atoms with van der Waals surface area (Å²) in [5.74, 6) is 0. The quantitative estimate of drug-likeness (QED) is 0.432. The zero-order valence-electron chi connectivity index (χ0n) is 16.3. The van der Waals surface area contributed by atoms with E-state index in [-0.39, 0.29) is 0 Å². The van der Waals surface area contributed by atoms with Crippen molar-refractivity contribution in [2.24, 2.45) is 0 Å². The summed E-state index contributed by atoms with van der Waals surface area (Å²) in [6.45, 7) is 15.5. The van der Waals surface area contributed by atoms with Crippen molar-refractivity contribution in [3.63, 3.8) is 0 Å². The average molecular weight is 380 g/mol. The van der Waals surface area contributed by atoms with E-state index in [2.05, 4.69) is 18.4 Å². The van der Waals surface area contributed by atoms with Crippen molar-refractivity contribution in [2.75, 3.05) is 46.1 Å². The third kappa shape index (κ3) is 6.17. The number of nitrogens with zero attached hydrogens (tertiary/aromatic N) is 1. The van der Waals surface area contributed by atoms with Gasteiger partial charge in [0.2, 0.25) is 0 Å². The highest BCUT2D eigenvalue weighted by Gasteiger charge is 2.49. The van der Waals surface area contributed by atoms with Gasteiger partial charge in [-0.25, -0.2) is 0 Å². The lowest BCUT2D eigenvalue weighted by molar-refractivity contribution is 0.0696. The normalized spacial score (nSPS) is 18.4. The average Bonchev–Trinajstić information content (AvgIpc) is 2.91. The molecule has 0 spiro atoms. The maximum absolute atomic E-state index is 6.13. The molecule has 0 bridgehead atoms. The topological polar surface area (TPSA) is 49.4 Å². The van der Waals surface area contributed by atoms with Crippen molar-refractivity contribution in [3.05, 3.63) is 0 Å². The van der Waals surface area contributed by atoms with Crippen LogP contribution >= 0.6 is 0 Å². The molecule has 0 amide bonds. The lowest BCUT2D eigenvalue weighted by Gasteiger charge is -2.35. The maximum atomic E-state index is 6.13. The van der Waals surface area contributed by atoms with Crippen LogP contribution in [0.4, 0.5) is 0 Å². The van der Waals surface area contributed by atoms with Gasteiger partial charge in [0.25, 0.3) is 0 Å². The molecule has 0 N–H and O–H groups in total. The minimum atomic E-state index is -2.54. The smallest absolute Gasteiger partial charge is 0.383 e. The van der Waals surface area contributed by atoms with Crippen LogP contribution in [0.15, 0.2) is 0 Å². The molecule has 0 aromatic heterocycles. The number of rotatable bonds is 14. The van der Waals surface area contributed by atoms with Gasteiger partial charge in [-0.3, -0.25) is 4.57 Å². The van der Waals surface area contributed by atoms with Gasteiger partial charge in [0, 0.05) is 45.1 Å². The second kappa shape index (κ2) is 11.7. The summed E-state index contributed by atoms with van der Waals surface area (Å²) in [6, 6.07) is 1.92. The second-order valence-electron chi connectivity index (χ2n) is 5.75. The molecule has 1 aliphatic heterocycles. The highest BCUT2D eigenvalue weighted by atomic mass is 28.4. The molecule has 0 radical (unpaired) electrons. The van der Waals surface area contributed by atoms with Crippen LogP contribution in [0.1, 0.15) is 47.5 Å². The van der Waals surface area contributed by atoms with Gasteiger partial charge in [0.05, 0.1) is 0 Å². The Morgan fingerprint density at radius 2 is 1.38 bits per heavy atom. The van der Waals surface area contributed by atoms with Crippen LogP contribution in [0.3, 0.4) is 0 Å². The molecule has 0 unspecified atom stereocenters. The van der Waals surface area contributed by atoms with Crippen LogP contribution in [0.5, 0.6) is 0 Å². The molecule has 0 saturated carbocycles. The fourth-order valence-corrected chi connectivity index (χ4v) is 9.56. The van der Waals surface area contributed by atoms with E-state index >= 15 is 0 Å². The molecule has 24 heavy (non-hydrogen) atoms. The molecule has 1 aliphatic rings. The molecule has 1 fully saturated rings. The molecule has 144 valence electrons. The third-order valence-electron chi connectivity index (χ3n) is 4.15. The van der Waals surface area contributed by atoms with Gasteiger partial charge in [-0.05, 0) is 60.5 Å². The molecule has 8 heteroatoms. The molecule has 1 rings (SSSR count). The fraction of sp³-hybridized carbons (Fsp3) is 1.00. The van der Waals surface area contributed by atoms with E-state index in [1.165, 1.54) is 0 Å². The first-order valence-electron chi connectivity index (χ1n) is 9.56. The Balaban J connectivity index is 2.64. The summed E-state index contributed by atoms with van der Waals surface area (Å²) in [6.07, 6.45) is 2.15. The lowest BCUT2D eigenvalue weighted by atomic mass is 10.4. The van der Waals surface area contributed by atoms with Crippen molar-refractivity contribution in [1.29, 1.82) is 0 Å². The Kier molecular flexibility index (Phi) is 10.9. The van der Waals surface area contributed by atoms with Gasteiger partial charge in [-0.15, -0.1) is 0 Å². The van der Waals surface area contributed by atoms with Crippen LogP contribution in [-0.2, 0) is 22.1 Å². The first-order valence-corrected chi connectivity index (χ1v) is 13.5. The Labute approximate surface area is 150 Å². The highest BCUT2D eigenvalue weighted by molar-refractivity contribution is 6.65. The predicted molar refractivity (Wildman–Crippen MR) is 100 cm³/mol. The largest absolute Gasteiger partial charge is 0.500 e. The van der Waals surface area contributed by atoms with E-state index in [4.69, 9.17) is 22.1 Å². The summed E-state index contributed by atoms with van der Waals surface area (Å²) >= 11 is 0. The maximum Gasteiger partial charge on any atom is 0.500 e. The SMILES string of the molecule is CCO[Si](CCCN1CCC[Si]1(OCC)OCC)(OCC)OCC. The van der Waals surface area contributed by atoms with Crippen molar-refractivity contribution >= 4 is 17.5 Å². The van der Waals surface area contributed by atoms with Gasteiger partial charge in [-0.1, -0.05) is 0 Å². The van der Waals surface area contributed by atoms with Crippen molar-refractivity contribution < 1.29 is 22.1 Å². The van der Waals surface area contributed by atoms with E-state index in [1.807, 2.05) is 20.8 Å². The Morgan fingerprint density at radius 1 is 0.833 bits per heavy atom. The number of hydrogen-bond acceptors (Lipinski definition) is 6.